The predicted octanol–water partition coefficient (Wildman–Crippen LogP) is 6.05. The fraction of sp³-hybridized carbons (Fsp3) is 0.333. The number of hydrogen-bond donors (Lipinski definition) is 1. The molecule has 0 saturated heterocycles. The fourth-order valence-corrected chi connectivity index (χ4v) is 6.65. The van der Waals surface area contributed by atoms with Gasteiger partial charge in [0.1, 0.15) is 12.6 Å². The van der Waals surface area contributed by atoms with Crippen molar-refractivity contribution in [3.05, 3.63) is 94.5 Å². The molecule has 1 saturated carbocycles. The zero-order valence-corrected chi connectivity index (χ0v) is 24.6. The van der Waals surface area contributed by atoms with Crippen LogP contribution in [-0.4, -0.2) is 43.8 Å². The van der Waals surface area contributed by atoms with E-state index in [0.29, 0.717) is 15.6 Å². The molecule has 3 aromatic rings. The highest BCUT2D eigenvalue weighted by Crippen LogP contribution is 2.27. The minimum Gasteiger partial charge on any atom is -0.352 e. The lowest BCUT2D eigenvalue weighted by Crippen LogP contribution is -2.53. The third-order valence-corrected chi connectivity index (χ3v) is 9.52. The summed E-state index contributed by atoms with van der Waals surface area (Å²) in [6.45, 7) is 1.15. The van der Waals surface area contributed by atoms with E-state index in [2.05, 4.69) is 5.32 Å². The molecular weight excluding hydrogens is 569 g/mol. The van der Waals surface area contributed by atoms with Crippen LogP contribution in [0, 0.1) is 0 Å². The Kier molecular flexibility index (Phi) is 10.1. The molecular formula is C30H33Cl2N3O4S. The molecule has 0 unspecified atom stereocenters. The van der Waals surface area contributed by atoms with Crippen LogP contribution in [0.1, 0.15) is 44.6 Å². The highest BCUT2D eigenvalue weighted by Gasteiger charge is 2.33. The lowest BCUT2D eigenvalue weighted by Gasteiger charge is -2.33. The summed E-state index contributed by atoms with van der Waals surface area (Å²) in [5.41, 5.74) is 0.886. The summed E-state index contributed by atoms with van der Waals surface area (Å²) in [7, 11) is -4.15. The molecule has 0 bridgehead atoms. The van der Waals surface area contributed by atoms with Gasteiger partial charge in [-0.25, -0.2) is 8.42 Å². The van der Waals surface area contributed by atoms with Crippen molar-refractivity contribution in [1.29, 1.82) is 0 Å². The van der Waals surface area contributed by atoms with Gasteiger partial charge in [0.15, 0.2) is 0 Å². The maximum Gasteiger partial charge on any atom is 0.264 e. The number of nitrogens with zero attached hydrogens (tertiary/aromatic N) is 2. The molecule has 0 heterocycles. The smallest absolute Gasteiger partial charge is 0.264 e. The van der Waals surface area contributed by atoms with E-state index < -0.39 is 28.5 Å². The van der Waals surface area contributed by atoms with Gasteiger partial charge in [-0.15, -0.1) is 0 Å². The Morgan fingerprint density at radius 1 is 0.925 bits per heavy atom. The second-order valence-corrected chi connectivity index (χ2v) is 12.6. The number of anilines is 1. The van der Waals surface area contributed by atoms with Gasteiger partial charge >= 0.3 is 0 Å². The van der Waals surface area contributed by atoms with Crippen LogP contribution in [0.25, 0.3) is 0 Å². The lowest BCUT2D eigenvalue weighted by molar-refractivity contribution is -0.139. The van der Waals surface area contributed by atoms with E-state index in [9.17, 15) is 18.0 Å². The molecule has 0 aromatic heterocycles. The minimum atomic E-state index is -4.15. The van der Waals surface area contributed by atoms with Crippen LogP contribution in [0.2, 0.25) is 10.0 Å². The summed E-state index contributed by atoms with van der Waals surface area (Å²) >= 11 is 12.6. The zero-order valence-electron chi connectivity index (χ0n) is 22.3. The Balaban J connectivity index is 1.67. The molecule has 0 spiro atoms. The second kappa shape index (κ2) is 13.5. The second-order valence-electron chi connectivity index (χ2n) is 9.94. The maximum atomic E-state index is 14.0. The van der Waals surface area contributed by atoms with Gasteiger partial charge in [-0.1, -0.05) is 84.9 Å². The van der Waals surface area contributed by atoms with Gasteiger partial charge in [0.05, 0.1) is 10.6 Å². The van der Waals surface area contributed by atoms with Crippen LogP contribution in [0.15, 0.2) is 83.8 Å². The number of rotatable bonds is 10. The SMILES string of the molecule is C[C@H](C(=O)NC1CCCCC1)N(Cc1ccccc1Cl)C(=O)CN(c1cccc(Cl)c1)S(=O)(=O)c1ccccc1. The molecule has 7 nitrogen and oxygen atoms in total. The summed E-state index contributed by atoms with van der Waals surface area (Å²) in [5.74, 6) is -0.835. The summed E-state index contributed by atoms with van der Waals surface area (Å²) in [6, 6.07) is 20.5. The Bertz CT molecular complexity index is 1430. The van der Waals surface area contributed by atoms with Crippen molar-refractivity contribution in [3.63, 3.8) is 0 Å². The molecule has 3 aromatic carbocycles. The number of halogens is 2. The molecule has 1 aliphatic rings. The van der Waals surface area contributed by atoms with E-state index >= 15 is 0 Å². The Morgan fingerprint density at radius 2 is 1.60 bits per heavy atom. The van der Waals surface area contributed by atoms with Gasteiger partial charge in [0.2, 0.25) is 11.8 Å². The van der Waals surface area contributed by atoms with E-state index in [1.807, 2.05) is 0 Å². The highest BCUT2D eigenvalue weighted by molar-refractivity contribution is 7.92. The highest BCUT2D eigenvalue weighted by atomic mass is 35.5. The third-order valence-electron chi connectivity index (χ3n) is 7.12. The maximum absolute atomic E-state index is 14.0. The standard InChI is InChI=1S/C30H33Cl2N3O4S/c1-22(30(37)33-25-13-4-2-5-14-25)34(20-23-11-8-9-18-28(23)32)29(36)21-35(26-15-10-12-24(31)19-26)40(38,39)27-16-6-3-7-17-27/h3,6-12,15-19,22,25H,2,4-5,13-14,20-21H2,1H3,(H,33,37)/t22-/m1/s1. The van der Waals surface area contributed by atoms with Gasteiger partial charge in [-0.2, -0.15) is 0 Å². The van der Waals surface area contributed by atoms with E-state index in [1.165, 1.54) is 23.1 Å². The zero-order chi connectivity index (χ0) is 28.7. The number of amides is 2. The fourth-order valence-electron chi connectivity index (χ4n) is 4.84. The van der Waals surface area contributed by atoms with Gasteiger partial charge < -0.3 is 10.2 Å². The number of nitrogens with one attached hydrogen (secondary N) is 1. The first kappa shape index (κ1) is 29.9. The number of carbonyl (C=O) groups excluding carboxylic acids is 2. The topological polar surface area (TPSA) is 86.8 Å². The van der Waals surface area contributed by atoms with Crippen molar-refractivity contribution in [2.24, 2.45) is 0 Å². The van der Waals surface area contributed by atoms with Crippen molar-refractivity contribution in [3.8, 4) is 0 Å². The van der Waals surface area contributed by atoms with E-state index in [1.54, 1.807) is 67.6 Å². The Labute approximate surface area is 246 Å². The van der Waals surface area contributed by atoms with Crippen LogP contribution in [-0.2, 0) is 26.2 Å². The minimum absolute atomic E-state index is 0.0310. The average Bonchev–Trinajstić information content (AvgIpc) is 2.96. The van der Waals surface area contributed by atoms with Crippen molar-refractivity contribution in [2.45, 2.75) is 62.6 Å². The number of benzene rings is 3. The first-order valence-corrected chi connectivity index (χ1v) is 15.5. The van der Waals surface area contributed by atoms with Crippen molar-refractivity contribution in [1.82, 2.24) is 10.2 Å². The monoisotopic (exact) mass is 601 g/mol. The number of sulfonamides is 1. The molecule has 212 valence electrons. The molecule has 4 rings (SSSR count). The molecule has 1 atom stereocenters. The van der Waals surface area contributed by atoms with Gasteiger partial charge in [0.25, 0.3) is 10.0 Å². The normalized spacial score (nSPS) is 14.8. The van der Waals surface area contributed by atoms with Crippen molar-refractivity contribution < 1.29 is 18.0 Å². The van der Waals surface area contributed by atoms with E-state index in [4.69, 9.17) is 23.2 Å². The molecule has 2 amide bonds. The van der Waals surface area contributed by atoms with Crippen molar-refractivity contribution >= 4 is 50.7 Å². The van der Waals surface area contributed by atoms with Crippen LogP contribution in [0.5, 0.6) is 0 Å². The summed E-state index contributed by atoms with van der Waals surface area (Å²) < 4.78 is 28.6. The summed E-state index contributed by atoms with van der Waals surface area (Å²) in [5, 5.41) is 3.86. The van der Waals surface area contributed by atoms with Crippen LogP contribution < -0.4 is 9.62 Å². The summed E-state index contributed by atoms with van der Waals surface area (Å²) in [6.07, 6.45) is 5.04. The van der Waals surface area contributed by atoms with Crippen LogP contribution in [0.3, 0.4) is 0 Å². The lowest BCUT2D eigenvalue weighted by atomic mass is 9.95. The molecule has 0 aliphatic heterocycles. The molecule has 10 heteroatoms. The molecule has 0 radical (unpaired) electrons. The molecule has 40 heavy (non-hydrogen) atoms. The molecule has 1 aliphatic carbocycles. The third kappa shape index (κ3) is 7.36. The predicted molar refractivity (Wildman–Crippen MR) is 159 cm³/mol. The molecule has 1 fully saturated rings. The van der Waals surface area contributed by atoms with Crippen molar-refractivity contribution in [2.75, 3.05) is 10.8 Å². The van der Waals surface area contributed by atoms with Crippen LogP contribution in [0.4, 0.5) is 5.69 Å². The van der Waals surface area contributed by atoms with E-state index in [-0.39, 0.29) is 29.1 Å². The van der Waals surface area contributed by atoms with E-state index in [0.717, 1.165) is 36.4 Å². The quantitative estimate of drug-likeness (QED) is 0.306. The molecule has 1 N–H and O–H groups in total. The van der Waals surface area contributed by atoms with Gasteiger partial charge in [-0.3, -0.25) is 13.9 Å². The first-order valence-electron chi connectivity index (χ1n) is 13.3. The Hall–Kier alpha value is -3.07. The largest absolute Gasteiger partial charge is 0.352 e. The van der Waals surface area contributed by atoms with Gasteiger partial charge in [-0.05, 0) is 61.7 Å². The van der Waals surface area contributed by atoms with Crippen LogP contribution >= 0.6 is 23.2 Å². The number of hydrogen-bond acceptors (Lipinski definition) is 4. The Morgan fingerprint density at radius 3 is 2.27 bits per heavy atom. The summed E-state index contributed by atoms with van der Waals surface area (Å²) in [4.78, 5) is 28.8. The van der Waals surface area contributed by atoms with Gasteiger partial charge in [0, 0.05) is 22.6 Å². The first-order chi connectivity index (χ1) is 19.2. The average molecular weight is 603 g/mol. The number of carbonyl (C=O) groups is 2.